The molecule has 1 saturated carbocycles. The highest BCUT2D eigenvalue weighted by molar-refractivity contribution is 6.01. The number of rotatable bonds is 3. The van der Waals surface area contributed by atoms with Crippen molar-refractivity contribution in [3.8, 4) is 5.75 Å². The molecule has 0 atom stereocenters. The Kier molecular flexibility index (Phi) is 2.51. The zero-order valence-corrected chi connectivity index (χ0v) is 10.5. The van der Waals surface area contributed by atoms with E-state index in [-0.39, 0.29) is 5.91 Å². The van der Waals surface area contributed by atoms with Crippen LogP contribution in [0.1, 0.15) is 28.9 Å². The van der Waals surface area contributed by atoms with Gasteiger partial charge in [0.25, 0.3) is 5.91 Å². The highest BCUT2D eigenvalue weighted by atomic mass is 16.5. The topological polar surface area (TPSA) is 54.1 Å². The number of methoxy groups -OCH3 is 1. The van der Waals surface area contributed by atoms with Crippen LogP contribution in [0.25, 0.3) is 10.9 Å². The number of hydrogen-bond acceptors (Lipinski definition) is 2. The second-order valence-corrected chi connectivity index (χ2v) is 4.78. The number of fused-ring (bicyclic) bond motifs is 1. The van der Waals surface area contributed by atoms with E-state index in [2.05, 4.69) is 10.3 Å². The van der Waals surface area contributed by atoms with Gasteiger partial charge < -0.3 is 15.0 Å². The van der Waals surface area contributed by atoms with Gasteiger partial charge in [0.05, 0.1) is 7.11 Å². The third kappa shape index (κ3) is 1.83. The van der Waals surface area contributed by atoms with Crippen LogP contribution in [0.3, 0.4) is 0 Å². The first-order valence-corrected chi connectivity index (χ1v) is 6.16. The minimum atomic E-state index is -0.00910. The predicted octanol–water partition coefficient (Wildman–Crippen LogP) is 2.38. The minimum absolute atomic E-state index is 0.00910. The van der Waals surface area contributed by atoms with E-state index in [1.54, 1.807) is 7.11 Å². The van der Waals surface area contributed by atoms with Gasteiger partial charge in [-0.1, -0.05) is 0 Å². The van der Waals surface area contributed by atoms with E-state index in [1.165, 1.54) is 0 Å². The van der Waals surface area contributed by atoms with Gasteiger partial charge in [0, 0.05) is 16.9 Å². The molecule has 0 spiro atoms. The number of amides is 1. The maximum Gasteiger partial charge on any atom is 0.268 e. The molecule has 1 fully saturated rings. The van der Waals surface area contributed by atoms with Gasteiger partial charge in [-0.25, -0.2) is 0 Å². The molecule has 1 aliphatic rings. The Morgan fingerprint density at radius 1 is 1.44 bits per heavy atom. The minimum Gasteiger partial charge on any atom is -0.497 e. The van der Waals surface area contributed by atoms with Crippen molar-refractivity contribution in [3.05, 3.63) is 29.5 Å². The lowest BCUT2D eigenvalue weighted by atomic mass is 10.1. The van der Waals surface area contributed by atoms with Gasteiger partial charge in [0.1, 0.15) is 11.4 Å². The Hall–Kier alpha value is -1.97. The molecule has 1 heterocycles. The second-order valence-electron chi connectivity index (χ2n) is 4.78. The molecule has 1 aromatic carbocycles. The van der Waals surface area contributed by atoms with Crippen molar-refractivity contribution >= 4 is 16.8 Å². The van der Waals surface area contributed by atoms with Crippen molar-refractivity contribution in [2.45, 2.75) is 25.8 Å². The summed E-state index contributed by atoms with van der Waals surface area (Å²) in [4.78, 5) is 15.2. The summed E-state index contributed by atoms with van der Waals surface area (Å²) in [5.41, 5.74) is 2.60. The molecule has 0 bridgehead atoms. The van der Waals surface area contributed by atoms with E-state index < -0.39 is 0 Å². The number of aromatic amines is 1. The van der Waals surface area contributed by atoms with Gasteiger partial charge in [-0.05, 0) is 43.5 Å². The number of nitrogens with one attached hydrogen (secondary N) is 2. The van der Waals surface area contributed by atoms with Crippen LogP contribution < -0.4 is 10.1 Å². The number of aromatic nitrogens is 1. The summed E-state index contributed by atoms with van der Waals surface area (Å²) >= 11 is 0. The largest absolute Gasteiger partial charge is 0.497 e. The fourth-order valence-corrected chi connectivity index (χ4v) is 2.14. The smallest absolute Gasteiger partial charge is 0.268 e. The Labute approximate surface area is 105 Å². The molecular weight excluding hydrogens is 228 g/mol. The summed E-state index contributed by atoms with van der Waals surface area (Å²) in [7, 11) is 1.64. The Bertz CT molecular complexity index is 612. The van der Waals surface area contributed by atoms with Gasteiger partial charge in [-0.15, -0.1) is 0 Å². The van der Waals surface area contributed by atoms with E-state index in [0.29, 0.717) is 11.7 Å². The number of benzene rings is 1. The van der Waals surface area contributed by atoms with Crippen LogP contribution in [-0.4, -0.2) is 24.0 Å². The first kappa shape index (κ1) is 11.1. The number of carbonyl (C=O) groups is 1. The quantitative estimate of drug-likeness (QED) is 0.871. The van der Waals surface area contributed by atoms with Crippen molar-refractivity contribution in [3.63, 3.8) is 0 Å². The lowest BCUT2D eigenvalue weighted by Crippen LogP contribution is -2.26. The van der Waals surface area contributed by atoms with Crippen molar-refractivity contribution < 1.29 is 9.53 Å². The molecule has 0 unspecified atom stereocenters. The SMILES string of the molecule is COc1ccc2[nH]c(C(=O)NC3CC3)c(C)c2c1. The van der Waals surface area contributed by atoms with Gasteiger partial charge in [-0.2, -0.15) is 0 Å². The molecule has 4 nitrogen and oxygen atoms in total. The highest BCUT2D eigenvalue weighted by Gasteiger charge is 2.25. The monoisotopic (exact) mass is 244 g/mol. The van der Waals surface area contributed by atoms with Crippen molar-refractivity contribution in [1.29, 1.82) is 0 Å². The average Bonchev–Trinajstić information content (AvgIpc) is 3.13. The Morgan fingerprint density at radius 3 is 2.89 bits per heavy atom. The van der Waals surface area contributed by atoms with E-state index >= 15 is 0 Å². The van der Waals surface area contributed by atoms with Crippen LogP contribution in [0.5, 0.6) is 5.75 Å². The summed E-state index contributed by atoms with van der Waals surface area (Å²) < 4.78 is 5.21. The van der Waals surface area contributed by atoms with E-state index in [9.17, 15) is 4.79 Å². The Morgan fingerprint density at radius 2 is 2.22 bits per heavy atom. The summed E-state index contributed by atoms with van der Waals surface area (Å²) in [6.45, 7) is 1.96. The molecule has 94 valence electrons. The molecule has 0 saturated heterocycles. The highest BCUT2D eigenvalue weighted by Crippen LogP contribution is 2.27. The maximum atomic E-state index is 12.1. The number of ether oxygens (including phenoxy) is 1. The molecule has 0 aliphatic heterocycles. The fraction of sp³-hybridized carbons (Fsp3) is 0.357. The zero-order chi connectivity index (χ0) is 12.7. The van der Waals surface area contributed by atoms with Gasteiger partial charge >= 0.3 is 0 Å². The lowest BCUT2D eigenvalue weighted by molar-refractivity contribution is 0.0946. The van der Waals surface area contributed by atoms with Crippen molar-refractivity contribution in [2.24, 2.45) is 0 Å². The first-order chi connectivity index (χ1) is 8.69. The maximum absolute atomic E-state index is 12.1. The number of aryl methyl sites for hydroxylation is 1. The second kappa shape index (κ2) is 4.05. The summed E-state index contributed by atoms with van der Waals surface area (Å²) in [6, 6.07) is 6.16. The molecular formula is C14H16N2O2. The van der Waals surface area contributed by atoms with Crippen LogP contribution >= 0.6 is 0 Å². The van der Waals surface area contributed by atoms with Crippen LogP contribution in [0, 0.1) is 6.92 Å². The molecule has 2 aromatic rings. The first-order valence-electron chi connectivity index (χ1n) is 6.16. The summed E-state index contributed by atoms with van der Waals surface area (Å²) in [5, 5.41) is 4.04. The van der Waals surface area contributed by atoms with Crippen LogP contribution in [0.2, 0.25) is 0 Å². The number of carbonyl (C=O) groups excluding carboxylic acids is 1. The van der Waals surface area contributed by atoms with E-state index in [4.69, 9.17) is 4.74 Å². The number of hydrogen-bond donors (Lipinski definition) is 2. The van der Waals surface area contributed by atoms with Crippen LogP contribution in [0.4, 0.5) is 0 Å². The van der Waals surface area contributed by atoms with Gasteiger partial charge in [-0.3, -0.25) is 4.79 Å². The molecule has 1 aromatic heterocycles. The van der Waals surface area contributed by atoms with Gasteiger partial charge in [0.15, 0.2) is 0 Å². The zero-order valence-electron chi connectivity index (χ0n) is 10.5. The molecule has 1 amide bonds. The van der Waals surface area contributed by atoms with E-state index in [1.807, 2.05) is 25.1 Å². The van der Waals surface area contributed by atoms with Crippen molar-refractivity contribution in [2.75, 3.05) is 7.11 Å². The third-order valence-electron chi connectivity index (χ3n) is 3.41. The third-order valence-corrected chi connectivity index (χ3v) is 3.41. The molecule has 2 N–H and O–H groups in total. The molecule has 1 aliphatic carbocycles. The number of H-pyrrole nitrogens is 1. The predicted molar refractivity (Wildman–Crippen MR) is 70.1 cm³/mol. The summed E-state index contributed by atoms with van der Waals surface area (Å²) in [5.74, 6) is 0.795. The average molecular weight is 244 g/mol. The molecule has 0 radical (unpaired) electrons. The van der Waals surface area contributed by atoms with E-state index in [0.717, 1.165) is 35.1 Å². The molecule has 18 heavy (non-hydrogen) atoms. The lowest BCUT2D eigenvalue weighted by Gasteiger charge is -2.01. The van der Waals surface area contributed by atoms with Crippen molar-refractivity contribution in [1.82, 2.24) is 10.3 Å². The fourth-order valence-electron chi connectivity index (χ4n) is 2.14. The standard InChI is InChI=1S/C14H16N2O2/c1-8-11-7-10(18-2)5-6-12(11)16-13(8)14(17)15-9-3-4-9/h5-7,9,16H,3-4H2,1-2H3,(H,15,17). The van der Waals surface area contributed by atoms with Crippen LogP contribution in [-0.2, 0) is 0 Å². The van der Waals surface area contributed by atoms with Crippen LogP contribution in [0.15, 0.2) is 18.2 Å². The molecule has 4 heteroatoms. The normalized spacial score (nSPS) is 14.8. The summed E-state index contributed by atoms with van der Waals surface area (Å²) in [6.07, 6.45) is 2.19. The Balaban J connectivity index is 2.01. The van der Waals surface area contributed by atoms with Gasteiger partial charge in [0.2, 0.25) is 0 Å². The molecule has 3 rings (SSSR count).